The van der Waals surface area contributed by atoms with Crippen molar-refractivity contribution in [3.05, 3.63) is 24.0 Å². The smallest absolute Gasteiger partial charge is 0.148 e. The molecule has 1 rings (SSSR count). The Morgan fingerprint density at radius 1 is 1.57 bits per heavy atom. The molecule has 1 unspecified atom stereocenters. The van der Waals surface area contributed by atoms with E-state index >= 15 is 0 Å². The van der Waals surface area contributed by atoms with Crippen molar-refractivity contribution in [2.24, 2.45) is 0 Å². The van der Waals surface area contributed by atoms with E-state index in [0.29, 0.717) is 12.2 Å². The molecule has 0 radical (unpaired) electrons. The number of nitrogens with two attached hydrogens (primary N) is 1. The minimum atomic E-state index is -0.470. The maximum Gasteiger partial charge on any atom is 0.148 e. The van der Waals surface area contributed by atoms with Crippen molar-refractivity contribution >= 4 is 11.4 Å². The van der Waals surface area contributed by atoms with E-state index in [9.17, 15) is 4.39 Å². The van der Waals surface area contributed by atoms with Gasteiger partial charge in [0.15, 0.2) is 0 Å². The summed E-state index contributed by atoms with van der Waals surface area (Å²) < 4.78 is 13.1. The monoisotopic (exact) mass is 198 g/mol. The van der Waals surface area contributed by atoms with Crippen LogP contribution in [0.3, 0.4) is 0 Å². The first-order valence-electron chi connectivity index (χ1n) is 4.45. The Morgan fingerprint density at radius 3 is 2.79 bits per heavy atom. The zero-order chi connectivity index (χ0) is 10.7. The Bertz CT molecular complexity index is 315. The minimum Gasteiger partial charge on any atom is -0.395 e. The van der Waals surface area contributed by atoms with Crippen LogP contribution in [0.2, 0.25) is 0 Å². The van der Waals surface area contributed by atoms with Crippen LogP contribution in [0.15, 0.2) is 18.2 Å². The first-order valence-corrected chi connectivity index (χ1v) is 4.45. The van der Waals surface area contributed by atoms with E-state index in [1.165, 1.54) is 6.07 Å². The Kier molecular flexibility index (Phi) is 3.30. The zero-order valence-corrected chi connectivity index (χ0v) is 8.37. The highest BCUT2D eigenvalue weighted by Crippen LogP contribution is 2.24. The van der Waals surface area contributed by atoms with E-state index in [1.807, 2.05) is 0 Å². The molecule has 14 heavy (non-hydrogen) atoms. The van der Waals surface area contributed by atoms with Crippen molar-refractivity contribution in [2.75, 3.05) is 24.2 Å². The first-order chi connectivity index (χ1) is 6.52. The van der Waals surface area contributed by atoms with E-state index in [0.717, 1.165) is 0 Å². The lowest BCUT2D eigenvalue weighted by Crippen LogP contribution is -2.27. The third-order valence-corrected chi connectivity index (χ3v) is 1.98. The Balaban J connectivity index is 2.89. The molecular weight excluding hydrogens is 183 g/mol. The average Bonchev–Trinajstić information content (AvgIpc) is 2.08. The Hall–Kier alpha value is -1.29. The van der Waals surface area contributed by atoms with Crippen LogP contribution in [0.1, 0.15) is 6.92 Å². The van der Waals surface area contributed by atoms with Crippen LogP contribution < -0.4 is 10.6 Å². The number of para-hydroxylation sites is 1. The lowest BCUT2D eigenvalue weighted by Gasteiger charge is -2.22. The van der Waals surface area contributed by atoms with Crippen molar-refractivity contribution in [3.63, 3.8) is 0 Å². The first kappa shape index (κ1) is 10.8. The summed E-state index contributed by atoms with van der Waals surface area (Å²) in [5.41, 5.74) is 6.28. The third-order valence-electron chi connectivity index (χ3n) is 1.98. The molecule has 3 nitrogen and oxygen atoms in total. The van der Waals surface area contributed by atoms with Crippen LogP contribution in [-0.4, -0.2) is 24.8 Å². The van der Waals surface area contributed by atoms with Gasteiger partial charge in [0.25, 0.3) is 0 Å². The SMILES string of the molecule is CC(O)CN(C)c1cccc(F)c1N. The standard InChI is InChI=1S/C10H15FN2O/c1-7(14)6-13(2)9-5-3-4-8(11)10(9)12/h3-5,7,14H,6,12H2,1-2H3. The molecule has 3 N–H and O–H groups in total. The maximum absolute atomic E-state index is 13.1. The highest BCUT2D eigenvalue weighted by molar-refractivity contribution is 5.67. The largest absolute Gasteiger partial charge is 0.395 e. The molecule has 1 atom stereocenters. The normalized spacial score (nSPS) is 12.6. The molecule has 0 aliphatic carbocycles. The molecule has 1 aromatic rings. The van der Waals surface area contributed by atoms with Gasteiger partial charge in [-0.15, -0.1) is 0 Å². The summed E-state index contributed by atoms with van der Waals surface area (Å²) in [7, 11) is 1.76. The molecule has 0 amide bonds. The molecule has 1 aromatic carbocycles. The molecule has 78 valence electrons. The van der Waals surface area contributed by atoms with Gasteiger partial charge in [-0.05, 0) is 19.1 Å². The number of likely N-dealkylation sites (N-methyl/N-ethyl adjacent to an activating group) is 1. The van der Waals surface area contributed by atoms with Crippen LogP contribution >= 0.6 is 0 Å². The van der Waals surface area contributed by atoms with Gasteiger partial charge in [0.1, 0.15) is 5.82 Å². The number of hydrogen-bond donors (Lipinski definition) is 2. The van der Waals surface area contributed by atoms with Gasteiger partial charge in [0, 0.05) is 13.6 Å². The lowest BCUT2D eigenvalue weighted by atomic mass is 10.2. The van der Waals surface area contributed by atoms with Crippen molar-refractivity contribution in [3.8, 4) is 0 Å². The number of aliphatic hydroxyl groups is 1. The average molecular weight is 198 g/mol. The van der Waals surface area contributed by atoms with E-state index in [-0.39, 0.29) is 5.69 Å². The topological polar surface area (TPSA) is 49.5 Å². The van der Waals surface area contributed by atoms with Gasteiger partial charge in [0.2, 0.25) is 0 Å². The van der Waals surface area contributed by atoms with Gasteiger partial charge in [-0.25, -0.2) is 4.39 Å². The summed E-state index contributed by atoms with van der Waals surface area (Å²) in [6.45, 7) is 2.10. The van der Waals surface area contributed by atoms with Crippen LogP contribution in [-0.2, 0) is 0 Å². The van der Waals surface area contributed by atoms with Gasteiger partial charge in [-0.2, -0.15) is 0 Å². The van der Waals surface area contributed by atoms with Crippen molar-refractivity contribution < 1.29 is 9.50 Å². The van der Waals surface area contributed by atoms with Gasteiger partial charge in [-0.1, -0.05) is 6.07 Å². The summed E-state index contributed by atoms with van der Waals surface area (Å²) in [4.78, 5) is 1.73. The third kappa shape index (κ3) is 2.35. The molecular formula is C10H15FN2O. The Labute approximate surface area is 83.0 Å². The number of benzene rings is 1. The summed E-state index contributed by atoms with van der Waals surface area (Å²) in [5, 5.41) is 9.17. The second-order valence-electron chi connectivity index (χ2n) is 3.40. The maximum atomic E-state index is 13.1. The molecule has 0 spiro atoms. The van der Waals surface area contributed by atoms with E-state index in [2.05, 4.69) is 0 Å². The number of halogens is 1. The van der Waals surface area contributed by atoms with Gasteiger partial charge in [0.05, 0.1) is 17.5 Å². The fraction of sp³-hybridized carbons (Fsp3) is 0.400. The molecule has 4 heteroatoms. The number of aliphatic hydroxyl groups excluding tert-OH is 1. The number of nitrogen functional groups attached to an aromatic ring is 1. The lowest BCUT2D eigenvalue weighted by molar-refractivity contribution is 0.201. The van der Waals surface area contributed by atoms with Gasteiger partial charge in [-0.3, -0.25) is 0 Å². The molecule has 0 aliphatic heterocycles. The zero-order valence-electron chi connectivity index (χ0n) is 8.37. The summed E-state index contributed by atoms with van der Waals surface area (Å²) >= 11 is 0. The summed E-state index contributed by atoms with van der Waals surface area (Å²) in [5.74, 6) is -0.431. The molecule has 0 fully saturated rings. The predicted octanol–water partition coefficient (Wildman–Crippen LogP) is 1.22. The van der Waals surface area contributed by atoms with Crippen molar-refractivity contribution in [1.29, 1.82) is 0 Å². The number of rotatable bonds is 3. The van der Waals surface area contributed by atoms with Crippen LogP contribution in [0.5, 0.6) is 0 Å². The van der Waals surface area contributed by atoms with Crippen LogP contribution in [0.4, 0.5) is 15.8 Å². The van der Waals surface area contributed by atoms with Crippen molar-refractivity contribution in [1.82, 2.24) is 0 Å². The predicted molar refractivity (Wildman–Crippen MR) is 55.8 cm³/mol. The number of anilines is 2. The molecule has 0 saturated carbocycles. The summed E-state index contributed by atoms with van der Waals surface area (Å²) in [6.07, 6.45) is -0.470. The quantitative estimate of drug-likeness (QED) is 0.718. The molecule has 0 heterocycles. The fourth-order valence-electron chi connectivity index (χ4n) is 1.35. The molecule has 0 aromatic heterocycles. The van der Waals surface area contributed by atoms with Crippen LogP contribution in [0, 0.1) is 5.82 Å². The van der Waals surface area contributed by atoms with Gasteiger partial charge >= 0.3 is 0 Å². The molecule has 0 aliphatic rings. The fourth-order valence-corrected chi connectivity index (χ4v) is 1.35. The van der Waals surface area contributed by atoms with Crippen molar-refractivity contribution in [2.45, 2.75) is 13.0 Å². The number of hydrogen-bond acceptors (Lipinski definition) is 3. The van der Waals surface area contributed by atoms with Crippen LogP contribution in [0.25, 0.3) is 0 Å². The van der Waals surface area contributed by atoms with E-state index in [1.54, 1.807) is 31.0 Å². The molecule has 0 saturated heterocycles. The van der Waals surface area contributed by atoms with E-state index < -0.39 is 11.9 Å². The Morgan fingerprint density at radius 2 is 2.21 bits per heavy atom. The van der Waals surface area contributed by atoms with Gasteiger partial charge < -0.3 is 15.7 Å². The van der Waals surface area contributed by atoms with E-state index in [4.69, 9.17) is 10.8 Å². The minimum absolute atomic E-state index is 0.121. The molecule has 0 bridgehead atoms. The second-order valence-corrected chi connectivity index (χ2v) is 3.40. The highest BCUT2D eigenvalue weighted by Gasteiger charge is 2.10. The highest BCUT2D eigenvalue weighted by atomic mass is 19.1. The second kappa shape index (κ2) is 4.28. The number of nitrogens with zero attached hydrogens (tertiary/aromatic N) is 1. The summed E-state index contributed by atoms with van der Waals surface area (Å²) in [6, 6.07) is 4.63.